The molecule has 0 bridgehead atoms. The zero-order valence-corrected chi connectivity index (χ0v) is 10.7. The largest absolute Gasteiger partial charge is 0.490 e. The Morgan fingerprint density at radius 3 is 2.67 bits per heavy atom. The van der Waals surface area contributed by atoms with Crippen LogP contribution in [0.2, 0.25) is 0 Å². The van der Waals surface area contributed by atoms with Gasteiger partial charge in [-0.1, -0.05) is 6.07 Å². The van der Waals surface area contributed by atoms with Crippen LogP contribution in [0.4, 0.5) is 5.69 Å². The molecule has 0 amide bonds. The van der Waals surface area contributed by atoms with E-state index in [4.69, 9.17) is 16.3 Å². The van der Waals surface area contributed by atoms with Gasteiger partial charge in [0.15, 0.2) is 11.5 Å². The van der Waals surface area contributed by atoms with Gasteiger partial charge in [-0.05, 0) is 25.1 Å². The smallest absolute Gasteiger partial charge is 0.318 e. The van der Waals surface area contributed by atoms with Gasteiger partial charge < -0.3 is 4.74 Å². The van der Waals surface area contributed by atoms with Crippen molar-refractivity contribution in [2.24, 2.45) is 0 Å². The van der Waals surface area contributed by atoms with Gasteiger partial charge in [-0.2, -0.15) is 0 Å². The van der Waals surface area contributed by atoms with Crippen LogP contribution < -0.4 is 4.74 Å². The molecular weight excluding hydrogens is 258 g/mol. The van der Waals surface area contributed by atoms with E-state index in [9.17, 15) is 14.9 Å². The number of nitrogens with zero attached hydrogens (tertiary/aromatic N) is 1. The number of nitro groups is 1. The van der Waals surface area contributed by atoms with Crippen LogP contribution in [0.1, 0.15) is 12.5 Å². The summed E-state index contributed by atoms with van der Waals surface area (Å²) >= 11 is 5.63. The monoisotopic (exact) mass is 269 g/mol. The van der Waals surface area contributed by atoms with Crippen LogP contribution in [0, 0.1) is 10.1 Å². The molecule has 96 valence electrons. The van der Waals surface area contributed by atoms with Crippen molar-refractivity contribution in [3.63, 3.8) is 0 Å². The number of carbonyl (C=O) groups is 1. The highest BCUT2D eigenvalue weighted by Gasteiger charge is 2.19. The lowest BCUT2D eigenvalue weighted by Gasteiger charge is -2.05. The SMILES string of the molecule is COc1cccc(/C=C(\CCl)C(C)=O)c1[N+](=O)[O-]. The molecule has 0 heterocycles. The molecule has 1 aromatic carbocycles. The third kappa shape index (κ3) is 3.07. The van der Waals surface area contributed by atoms with Crippen LogP contribution in [0.25, 0.3) is 6.08 Å². The topological polar surface area (TPSA) is 69.4 Å². The van der Waals surface area contributed by atoms with Gasteiger partial charge >= 0.3 is 5.69 Å². The molecule has 0 unspecified atom stereocenters. The maximum atomic E-state index is 11.3. The summed E-state index contributed by atoms with van der Waals surface area (Å²) in [5, 5.41) is 11.0. The van der Waals surface area contributed by atoms with Gasteiger partial charge in [0.1, 0.15) is 0 Å². The highest BCUT2D eigenvalue weighted by molar-refractivity contribution is 6.23. The maximum absolute atomic E-state index is 11.3. The highest BCUT2D eigenvalue weighted by atomic mass is 35.5. The number of benzene rings is 1. The molecule has 0 saturated carbocycles. The molecule has 0 atom stereocenters. The minimum absolute atomic E-state index is 0.00367. The number of para-hydroxylation sites is 1. The Bertz CT molecular complexity index is 511. The number of rotatable bonds is 5. The number of ketones is 1. The standard InChI is InChI=1S/C12H12ClNO4/c1-8(15)10(7-13)6-9-4-3-5-11(18-2)12(9)14(16)17/h3-6H,7H2,1-2H3/b10-6+. The molecule has 1 rings (SSSR count). The summed E-state index contributed by atoms with van der Waals surface area (Å²) in [6, 6.07) is 4.64. The average Bonchev–Trinajstić information content (AvgIpc) is 2.34. The number of alkyl halides is 1. The van der Waals surface area contributed by atoms with Crippen molar-refractivity contribution in [1.82, 2.24) is 0 Å². The minimum Gasteiger partial charge on any atom is -0.490 e. The van der Waals surface area contributed by atoms with Crippen molar-refractivity contribution in [2.45, 2.75) is 6.92 Å². The normalized spacial score (nSPS) is 11.2. The van der Waals surface area contributed by atoms with E-state index in [1.165, 1.54) is 32.2 Å². The second-order valence-electron chi connectivity index (χ2n) is 3.51. The minimum atomic E-state index is -0.545. The van der Waals surface area contributed by atoms with Crippen molar-refractivity contribution < 1.29 is 14.5 Å². The molecule has 0 spiro atoms. The Morgan fingerprint density at radius 2 is 2.22 bits per heavy atom. The molecule has 0 N–H and O–H groups in total. The molecular formula is C12H12ClNO4. The summed E-state index contributed by atoms with van der Waals surface area (Å²) in [5.41, 5.74) is 0.432. The average molecular weight is 270 g/mol. The number of carbonyl (C=O) groups excluding carboxylic acids is 1. The van der Waals surface area contributed by atoms with E-state index in [0.717, 1.165) is 0 Å². The predicted octanol–water partition coefficient (Wildman–Crippen LogP) is 2.81. The number of ether oxygens (including phenoxy) is 1. The quantitative estimate of drug-likeness (QED) is 0.357. The zero-order chi connectivity index (χ0) is 13.7. The third-order valence-corrected chi connectivity index (χ3v) is 2.65. The molecule has 0 aliphatic carbocycles. The summed E-state index contributed by atoms with van der Waals surface area (Å²) in [6.07, 6.45) is 1.41. The van der Waals surface area contributed by atoms with Crippen LogP contribution in [-0.2, 0) is 4.79 Å². The Balaban J connectivity index is 3.41. The first kappa shape index (κ1) is 14.2. The second-order valence-corrected chi connectivity index (χ2v) is 3.78. The van der Waals surface area contributed by atoms with Crippen LogP contribution in [0.3, 0.4) is 0 Å². The van der Waals surface area contributed by atoms with Gasteiger partial charge in [-0.3, -0.25) is 14.9 Å². The lowest BCUT2D eigenvalue weighted by atomic mass is 10.1. The third-order valence-electron chi connectivity index (χ3n) is 2.36. The van der Waals surface area contributed by atoms with E-state index < -0.39 is 4.92 Å². The van der Waals surface area contributed by atoms with E-state index >= 15 is 0 Å². The number of halogens is 1. The Morgan fingerprint density at radius 1 is 1.56 bits per heavy atom. The molecule has 0 aliphatic rings. The van der Waals surface area contributed by atoms with Crippen LogP contribution >= 0.6 is 11.6 Å². The van der Waals surface area contributed by atoms with E-state index in [0.29, 0.717) is 11.1 Å². The predicted molar refractivity (Wildman–Crippen MR) is 69.0 cm³/mol. The zero-order valence-electron chi connectivity index (χ0n) is 9.97. The van der Waals surface area contributed by atoms with Crippen molar-refractivity contribution in [3.05, 3.63) is 39.4 Å². The summed E-state index contributed by atoms with van der Waals surface area (Å²) in [4.78, 5) is 21.7. The summed E-state index contributed by atoms with van der Waals surface area (Å²) in [7, 11) is 1.35. The van der Waals surface area contributed by atoms with Gasteiger partial charge in [0.25, 0.3) is 0 Å². The van der Waals surface area contributed by atoms with E-state index in [1.54, 1.807) is 6.07 Å². The lowest BCUT2D eigenvalue weighted by Crippen LogP contribution is -2.00. The number of methoxy groups -OCH3 is 1. The van der Waals surface area contributed by atoms with Gasteiger partial charge in [-0.25, -0.2) is 0 Å². The number of allylic oxidation sites excluding steroid dienone is 1. The fourth-order valence-electron chi connectivity index (χ4n) is 1.44. The van der Waals surface area contributed by atoms with Crippen molar-refractivity contribution >= 4 is 29.1 Å². The molecule has 0 aliphatic heterocycles. The number of hydrogen-bond acceptors (Lipinski definition) is 4. The molecule has 1 aromatic rings. The first-order valence-corrected chi connectivity index (χ1v) is 5.63. The Kier molecular flexibility index (Phi) is 4.85. The number of Topliss-reactive ketones (excluding diaryl/α,β-unsaturated/α-hetero) is 1. The number of nitro benzene ring substituents is 1. The first-order chi connectivity index (χ1) is 8.51. The first-order valence-electron chi connectivity index (χ1n) is 5.10. The van der Waals surface area contributed by atoms with Crippen LogP contribution in [-0.4, -0.2) is 23.7 Å². The summed E-state index contributed by atoms with van der Waals surface area (Å²) in [5.74, 6) is -0.0719. The van der Waals surface area contributed by atoms with Crippen molar-refractivity contribution in [1.29, 1.82) is 0 Å². The van der Waals surface area contributed by atoms with Crippen molar-refractivity contribution in [2.75, 3.05) is 13.0 Å². The molecule has 0 saturated heterocycles. The van der Waals surface area contributed by atoms with Gasteiger partial charge in [-0.15, -0.1) is 11.6 Å². The molecule has 18 heavy (non-hydrogen) atoms. The number of hydrogen-bond donors (Lipinski definition) is 0. The Hall–Kier alpha value is -1.88. The molecule has 0 fully saturated rings. The van der Waals surface area contributed by atoms with E-state index in [-0.39, 0.29) is 23.1 Å². The molecule has 0 aromatic heterocycles. The maximum Gasteiger partial charge on any atom is 0.318 e. The van der Waals surface area contributed by atoms with E-state index in [2.05, 4.69) is 0 Å². The fraction of sp³-hybridized carbons (Fsp3) is 0.250. The molecule has 0 radical (unpaired) electrons. The highest BCUT2D eigenvalue weighted by Crippen LogP contribution is 2.32. The van der Waals surface area contributed by atoms with Gasteiger partial charge in [0.05, 0.1) is 23.5 Å². The second kappa shape index (κ2) is 6.16. The summed E-state index contributed by atoms with van der Waals surface area (Å²) < 4.78 is 4.93. The van der Waals surface area contributed by atoms with Gasteiger partial charge in [0.2, 0.25) is 0 Å². The Labute approximate surface area is 109 Å². The van der Waals surface area contributed by atoms with Crippen LogP contribution in [0.15, 0.2) is 23.8 Å². The molecule has 5 nitrogen and oxygen atoms in total. The van der Waals surface area contributed by atoms with Crippen LogP contribution in [0.5, 0.6) is 5.75 Å². The molecule has 6 heteroatoms. The van der Waals surface area contributed by atoms with Crippen molar-refractivity contribution in [3.8, 4) is 5.75 Å². The summed E-state index contributed by atoms with van der Waals surface area (Å²) in [6.45, 7) is 1.36. The van der Waals surface area contributed by atoms with E-state index in [1.807, 2.05) is 0 Å². The lowest BCUT2D eigenvalue weighted by molar-refractivity contribution is -0.386. The van der Waals surface area contributed by atoms with Gasteiger partial charge in [0, 0.05) is 5.57 Å². The fourth-order valence-corrected chi connectivity index (χ4v) is 1.70.